The summed E-state index contributed by atoms with van der Waals surface area (Å²) < 4.78 is 5.23. The standard InChI is InChI=1S/C8H11ClN2O/c9-6-2-1-3-7(11)8(6)12-5-4-10/h1-3H,4-5,10-11H2. The first-order valence-electron chi connectivity index (χ1n) is 3.62. The highest BCUT2D eigenvalue weighted by Gasteiger charge is 2.03. The largest absolute Gasteiger partial charge is 0.489 e. The molecule has 0 radical (unpaired) electrons. The molecule has 0 spiro atoms. The molecule has 4 N–H and O–H groups in total. The van der Waals surface area contributed by atoms with Crippen LogP contribution >= 0.6 is 11.6 Å². The third kappa shape index (κ3) is 2.03. The summed E-state index contributed by atoms with van der Waals surface area (Å²) in [5.41, 5.74) is 11.4. The highest BCUT2D eigenvalue weighted by molar-refractivity contribution is 6.32. The lowest BCUT2D eigenvalue weighted by molar-refractivity contribution is 0.330. The molecule has 1 aromatic carbocycles. The summed E-state index contributed by atoms with van der Waals surface area (Å²) in [6, 6.07) is 5.23. The summed E-state index contributed by atoms with van der Waals surface area (Å²) in [7, 11) is 0. The normalized spacial score (nSPS) is 9.83. The minimum absolute atomic E-state index is 0.425. The van der Waals surface area contributed by atoms with Gasteiger partial charge in [0.15, 0.2) is 5.75 Å². The van der Waals surface area contributed by atoms with Crippen molar-refractivity contribution in [1.29, 1.82) is 0 Å². The minimum atomic E-state index is 0.425. The lowest BCUT2D eigenvalue weighted by Gasteiger charge is -2.08. The monoisotopic (exact) mass is 186 g/mol. The van der Waals surface area contributed by atoms with Crippen molar-refractivity contribution in [3.05, 3.63) is 23.2 Å². The molecule has 4 heteroatoms. The lowest BCUT2D eigenvalue weighted by Crippen LogP contribution is -2.11. The smallest absolute Gasteiger partial charge is 0.160 e. The molecule has 0 aromatic heterocycles. The number of hydrogen-bond acceptors (Lipinski definition) is 3. The second-order valence-corrected chi connectivity index (χ2v) is 2.70. The Hall–Kier alpha value is -0.930. The molecule has 0 amide bonds. The average molecular weight is 187 g/mol. The van der Waals surface area contributed by atoms with Gasteiger partial charge in [0.2, 0.25) is 0 Å². The highest BCUT2D eigenvalue weighted by atomic mass is 35.5. The first-order valence-corrected chi connectivity index (χ1v) is 4.00. The molecule has 0 aliphatic rings. The third-order valence-electron chi connectivity index (χ3n) is 1.36. The van der Waals surface area contributed by atoms with Crippen molar-refractivity contribution in [2.45, 2.75) is 0 Å². The van der Waals surface area contributed by atoms with E-state index in [0.717, 1.165) is 0 Å². The molecular formula is C8H11ClN2O. The molecule has 0 aliphatic carbocycles. The van der Waals surface area contributed by atoms with Gasteiger partial charge in [0.05, 0.1) is 10.7 Å². The van der Waals surface area contributed by atoms with E-state index in [4.69, 9.17) is 27.8 Å². The number of benzene rings is 1. The Balaban J connectivity index is 2.81. The molecule has 0 fully saturated rings. The highest BCUT2D eigenvalue weighted by Crippen LogP contribution is 2.30. The van der Waals surface area contributed by atoms with Crippen LogP contribution in [0.3, 0.4) is 0 Å². The van der Waals surface area contributed by atoms with Crippen LogP contribution in [0.2, 0.25) is 5.02 Å². The molecule has 0 bridgehead atoms. The minimum Gasteiger partial charge on any atom is -0.489 e. The van der Waals surface area contributed by atoms with Crippen LogP contribution in [0.5, 0.6) is 5.75 Å². The molecule has 12 heavy (non-hydrogen) atoms. The van der Waals surface area contributed by atoms with Crippen molar-refractivity contribution >= 4 is 17.3 Å². The van der Waals surface area contributed by atoms with Gasteiger partial charge in [-0.3, -0.25) is 0 Å². The zero-order valence-electron chi connectivity index (χ0n) is 6.59. The fourth-order valence-corrected chi connectivity index (χ4v) is 1.08. The molecule has 1 aromatic rings. The van der Waals surface area contributed by atoms with Crippen molar-refractivity contribution in [3.8, 4) is 5.75 Å². The van der Waals surface area contributed by atoms with Gasteiger partial charge in [0.25, 0.3) is 0 Å². The van der Waals surface area contributed by atoms with Crippen LogP contribution in [0.25, 0.3) is 0 Å². The quantitative estimate of drug-likeness (QED) is 0.699. The van der Waals surface area contributed by atoms with E-state index in [-0.39, 0.29) is 0 Å². The number of nitrogens with two attached hydrogens (primary N) is 2. The van der Waals surface area contributed by atoms with Crippen LogP contribution in [0, 0.1) is 0 Å². The van der Waals surface area contributed by atoms with Crippen LogP contribution in [0.15, 0.2) is 18.2 Å². The number of hydrogen-bond donors (Lipinski definition) is 2. The summed E-state index contributed by atoms with van der Waals surface area (Å²) in [6.07, 6.45) is 0. The third-order valence-corrected chi connectivity index (χ3v) is 1.66. The molecule has 0 aliphatic heterocycles. The molecule has 66 valence electrons. The maximum absolute atomic E-state index is 5.82. The second-order valence-electron chi connectivity index (χ2n) is 2.30. The number of halogens is 1. The first-order chi connectivity index (χ1) is 5.75. The molecule has 0 saturated heterocycles. The predicted octanol–water partition coefficient (Wildman–Crippen LogP) is 1.26. The van der Waals surface area contributed by atoms with Gasteiger partial charge >= 0.3 is 0 Å². The van der Waals surface area contributed by atoms with Gasteiger partial charge < -0.3 is 16.2 Å². The molecule has 0 atom stereocenters. The van der Waals surface area contributed by atoms with Gasteiger partial charge in [-0.1, -0.05) is 17.7 Å². The van der Waals surface area contributed by atoms with Gasteiger partial charge in [-0.2, -0.15) is 0 Å². The van der Waals surface area contributed by atoms with E-state index in [1.54, 1.807) is 18.2 Å². The Morgan fingerprint density at radius 1 is 1.42 bits per heavy atom. The Labute approximate surface area is 76.3 Å². The zero-order chi connectivity index (χ0) is 8.97. The SMILES string of the molecule is NCCOc1c(N)cccc1Cl. The average Bonchev–Trinajstić information content (AvgIpc) is 2.04. The topological polar surface area (TPSA) is 61.3 Å². The summed E-state index contributed by atoms with van der Waals surface area (Å²) in [4.78, 5) is 0. The van der Waals surface area contributed by atoms with Crippen molar-refractivity contribution in [1.82, 2.24) is 0 Å². The molecule has 0 unspecified atom stereocenters. The van der Waals surface area contributed by atoms with E-state index in [2.05, 4.69) is 0 Å². The van der Waals surface area contributed by atoms with Crippen LogP contribution in [-0.4, -0.2) is 13.2 Å². The van der Waals surface area contributed by atoms with E-state index >= 15 is 0 Å². The Kier molecular flexibility index (Phi) is 3.19. The number of rotatable bonds is 3. The second kappa shape index (κ2) is 4.18. The fourth-order valence-electron chi connectivity index (χ4n) is 0.839. The number of ether oxygens (including phenoxy) is 1. The first kappa shape index (κ1) is 9.16. The summed E-state index contributed by atoms with van der Waals surface area (Å²) >= 11 is 5.82. The number of nitrogen functional groups attached to an aromatic ring is 1. The van der Waals surface area contributed by atoms with Crippen molar-refractivity contribution in [2.75, 3.05) is 18.9 Å². The summed E-state index contributed by atoms with van der Waals surface area (Å²) in [5.74, 6) is 0.518. The van der Waals surface area contributed by atoms with E-state index in [1.165, 1.54) is 0 Å². The van der Waals surface area contributed by atoms with Gasteiger partial charge in [0, 0.05) is 6.54 Å². The molecule has 0 saturated carbocycles. The van der Waals surface area contributed by atoms with Crippen molar-refractivity contribution < 1.29 is 4.74 Å². The predicted molar refractivity (Wildman–Crippen MR) is 50.4 cm³/mol. The summed E-state index contributed by atoms with van der Waals surface area (Å²) in [5, 5.41) is 0.517. The van der Waals surface area contributed by atoms with E-state index in [0.29, 0.717) is 29.6 Å². The van der Waals surface area contributed by atoms with E-state index in [1.807, 2.05) is 0 Å². The van der Waals surface area contributed by atoms with Crippen molar-refractivity contribution in [3.63, 3.8) is 0 Å². The lowest BCUT2D eigenvalue weighted by atomic mass is 10.3. The molecular weight excluding hydrogens is 176 g/mol. The fraction of sp³-hybridized carbons (Fsp3) is 0.250. The number of para-hydroxylation sites is 1. The van der Waals surface area contributed by atoms with Gasteiger partial charge in [-0.25, -0.2) is 0 Å². The maximum atomic E-state index is 5.82. The van der Waals surface area contributed by atoms with E-state index < -0.39 is 0 Å². The Bertz CT molecular complexity index is 245. The van der Waals surface area contributed by atoms with Crippen LogP contribution < -0.4 is 16.2 Å². The molecule has 3 nitrogen and oxygen atoms in total. The van der Waals surface area contributed by atoms with Gasteiger partial charge in [0.1, 0.15) is 6.61 Å². The van der Waals surface area contributed by atoms with Crippen molar-refractivity contribution in [2.24, 2.45) is 5.73 Å². The Morgan fingerprint density at radius 3 is 2.75 bits per heavy atom. The van der Waals surface area contributed by atoms with Crippen LogP contribution in [0.4, 0.5) is 5.69 Å². The van der Waals surface area contributed by atoms with Gasteiger partial charge in [-0.15, -0.1) is 0 Å². The zero-order valence-corrected chi connectivity index (χ0v) is 7.34. The van der Waals surface area contributed by atoms with Gasteiger partial charge in [-0.05, 0) is 12.1 Å². The summed E-state index contributed by atoms with van der Waals surface area (Å²) in [6.45, 7) is 0.874. The Morgan fingerprint density at radius 2 is 2.17 bits per heavy atom. The number of anilines is 1. The van der Waals surface area contributed by atoms with E-state index in [9.17, 15) is 0 Å². The maximum Gasteiger partial charge on any atom is 0.160 e. The van der Waals surface area contributed by atoms with Crippen LogP contribution in [-0.2, 0) is 0 Å². The molecule has 1 rings (SSSR count). The molecule has 0 heterocycles. The van der Waals surface area contributed by atoms with Crippen LogP contribution in [0.1, 0.15) is 0 Å².